The molecule has 0 spiro atoms. The third kappa shape index (κ3) is 3.18. The molecule has 0 amide bonds. The van der Waals surface area contributed by atoms with Gasteiger partial charge in [0.2, 0.25) is 0 Å². The predicted octanol–water partition coefficient (Wildman–Crippen LogP) is 3.34. The number of rotatable bonds is 3. The van der Waals surface area contributed by atoms with Gasteiger partial charge in [-0.1, -0.05) is 0 Å². The highest BCUT2D eigenvalue weighted by Crippen LogP contribution is 2.27. The topological polar surface area (TPSA) is 39.9 Å². The van der Waals surface area contributed by atoms with E-state index in [0.717, 1.165) is 14.8 Å². The molecule has 1 aromatic heterocycles. The Morgan fingerprint density at radius 1 is 1.60 bits per heavy atom. The summed E-state index contributed by atoms with van der Waals surface area (Å²) >= 11 is 6.80. The van der Waals surface area contributed by atoms with Gasteiger partial charge in [0.05, 0.1) is 17.0 Å². The Labute approximate surface area is 106 Å². The summed E-state index contributed by atoms with van der Waals surface area (Å²) in [5, 5.41) is 8.63. The average Bonchev–Trinajstić information content (AvgIpc) is 2.17. The number of aromatic nitrogens is 1. The van der Waals surface area contributed by atoms with E-state index in [0.29, 0.717) is 6.42 Å². The van der Waals surface area contributed by atoms with E-state index in [1.807, 2.05) is 24.9 Å². The molecule has 0 radical (unpaired) electrons. The van der Waals surface area contributed by atoms with Crippen LogP contribution in [0.25, 0.3) is 0 Å². The maximum absolute atomic E-state index is 8.63. The van der Waals surface area contributed by atoms with E-state index in [1.54, 1.807) is 6.20 Å². The number of pyridine rings is 1. The van der Waals surface area contributed by atoms with Crippen molar-refractivity contribution in [3.05, 3.63) is 21.2 Å². The lowest BCUT2D eigenvalue weighted by Crippen LogP contribution is -2.29. The van der Waals surface area contributed by atoms with Gasteiger partial charge in [-0.15, -0.1) is 0 Å². The van der Waals surface area contributed by atoms with Gasteiger partial charge in [-0.25, -0.2) is 4.98 Å². The second-order valence-electron chi connectivity index (χ2n) is 3.28. The van der Waals surface area contributed by atoms with E-state index in [4.69, 9.17) is 5.26 Å². The van der Waals surface area contributed by atoms with Crippen LogP contribution >= 0.6 is 31.9 Å². The third-order valence-corrected chi connectivity index (χ3v) is 3.19. The zero-order valence-electron chi connectivity index (χ0n) is 8.54. The minimum Gasteiger partial charge on any atom is -0.355 e. The molecule has 1 unspecified atom stereocenters. The molecule has 1 heterocycles. The van der Waals surface area contributed by atoms with E-state index in [-0.39, 0.29) is 6.04 Å². The lowest BCUT2D eigenvalue weighted by molar-refractivity contribution is 0.692. The molecule has 0 N–H and O–H groups in total. The first kappa shape index (κ1) is 12.5. The van der Waals surface area contributed by atoms with Crippen LogP contribution in [0.4, 0.5) is 5.82 Å². The molecule has 1 aromatic rings. The predicted molar refractivity (Wildman–Crippen MR) is 67.7 cm³/mol. The third-order valence-electron chi connectivity index (χ3n) is 2.17. The maximum atomic E-state index is 8.63. The SMILES string of the molecule is CC(CC#N)N(C)c1ncc(Br)cc1Br. The monoisotopic (exact) mass is 331 g/mol. The zero-order chi connectivity index (χ0) is 11.4. The van der Waals surface area contributed by atoms with E-state index in [2.05, 4.69) is 42.9 Å². The second-order valence-corrected chi connectivity index (χ2v) is 5.05. The van der Waals surface area contributed by atoms with Gasteiger partial charge in [-0.2, -0.15) is 5.26 Å². The lowest BCUT2D eigenvalue weighted by atomic mass is 10.2. The summed E-state index contributed by atoms with van der Waals surface area (Å²) in [5.41, 5.74) is 0. The van der Waals surface area contributed by atoms with Crippen LogP contribution < -0.4 is 4.90 Å². The molecule has 3 nitrogen and oxygen atoms in total. The summed E-state index contributed by atoms with van der Waals surface area (Å²) in [5.74, 6) is 0.848. The second kappa shape index (κ2) is 5.47. The number of nitriles is 1. The lowest BCUT2D eigenvalue weighted by Gasteiger charge is -2.24. The first-order valence-corrected chi connectivity index (χ1v) is 6.05. The molecule has 0 fully saturated rings. The average molecular weight is 333 g/mol. The van der Waals surface area contributed by atoms with Crippen molar-refractivity contribution in [3.63, 3.8) is 0 Å². The van der Waals surface area contributed by atoms with Crippen molar-refractivity contribution in [2.75, 3.05) is 11.9 Å². The Hall–Kier alpha value is -0.600. The van der Waals surface area contributed by atoms with Crippen LogP contribution in [0.1, 0.15) is 13.3 Å². The van der Waals surface area contributed by atoms with Gasteiger partial charge in [-0.05, 0) is 44.8 Å². The summed E-state index contributed by atoms with van der Waals surface area (Å²) in [4.78, 5) is 6.29. The summed E-state index contributed by atoms with van der Waals surface area (Å²) < 4.78 is 1.85. The Morgan fingerprint density at radius 2 is 2.27 bits per heavy atom. The molecular weight excluding hydrogens is 322 g/mol. The van der Waals surface area contributed by atoms with Gasteiger partial charge in [0, 0.05) is 23.8 Å². The van der Waals surface area contributed by atoms with Gasteiger partial charge in [-0.3, -0.25) is 0 Å². The van der Waals surface area contributed by atoms with Crippen molar-refractivity contribution in [2.24, 2.45) is 0 Å². The zero-order valence-corrected chi connectivity index (χ0v) is 11.7. The van der Waals surface area contributed by atoms with Crippen LogP contribution in [0.2, 0.25) is 0 Å². The van der Waals surface area contributed by atoms with Gasteiger partial charge < -0.3 is 4.90 Å². The molecule has 0 aliphatic carbocycles. The fourth-order valence-electron chi connectivity index (χ4n) is 1.14. The highest BCUT2D eigenvalue weighted by atomic mass is 79.9. The van der Waals surface area contributed by atoms with Crippen LogP contribution in [0.15, 0.2) is 21.2 Å². The molecule has 15 heavy (non-hydrogen) atoms. The molecule has 0 aliphatic heterocycles. The summed E-state index contributed by atoms with van der Waals surface area (Å²) in [6.07, 6.45) is 2.23. The highest BCUT2D eigenvalue weighted by molar-refractivity contribution is 9.11. The van der Waals surface area contributed by atoms with Gasteiger partial charge in [0.1, 0.15) is 5.82 Å². The summed E-state index contributed by atoms with van der Waals surface area (Å²) in [6, 6.07) is 4.25. The smallest absolute Gasteiger partial charge is 0.142 e. The Morgan fingerprint density at radius 3 is 2.80 bits per heavy atom. The van der Waals surface area contributed by atoms with Gasteiger partial charge >= 0.3 is 0 Å². The molecule has 80 valence electrons. The van der Waals surface area contributed by atoms with Crippen LogP contribution in [0.5, 0.6) is 0 Å². The molecule has 0 bridgehead atoms. The first-order valence-electron chi connectivity index (χ1n) is 4.47. The van der Waals surface area contributed by atoms with Crippen molar-refractivity contribution in [2.45, 2.75) is 19.4 Å². The standard InChI is InChI=1S/C10H11Br2N3/c1-7(3-4-13)15(2)10-9(12)5-8(11)6-14-10/h5-7H,3H2,1-2H3. The maximum Gasteiger partial charge on any atom is 0.142 e. The Kier molecular flexibility index (Phi) is 4.55. The molecule has 5 heteroatoms. The molecule has 0 aliphatic rings. The highest BCUT2D eigenvalue weighted by Gasteiger charge is 2.13. The van der Waals surface area contributed by atoms with E-state index < -0.39 is 0 Å². The fraction of sp³-hybridized carbons (Fsp3) is 0.400. The minimum atomic E-state index is 0.153. The summed E-state index contributed by atoms with van der Waals surface area (Å²) in [7, 11) is 1.93. The number of anilines is 1. The molecule has 1 atom stereocenters. The Balaban J connectivity index is 2.91. The van der Waals surface area contributed by atoms with Crippen LogP contribution in [-0.4, -0.2) is 18.1 Å². The van der Waals surface area contributed by atoms with Crippen molar-refractivity contribution in [1.29, 1.82) is 5.26 Å². The first-order chi connectivity index (χ1) is 7.06. The van der Waals surface area contributed by atoms with E-state index in [9.17, 15) is 0 Å². The number of hydrogen-bond acceptors (Lipinski definition) is 3. The number of hydrogen-bond donors (Lipinski definition) is 0. The van der Waals surface area contributed by atoms with Crippen LogP contribution in [-0.2, 0) is 0 Å². The quantitative estimate of drug-likeness (QED) is 0.852. The van der Waals surface area contributed by atoms with Crippen molar-refractivity contribution < 1.29 is 0 Å². The largest absolute Gasteiger partial charge is 0.355 e. The van der Waals surface area contributed by atoms with Crippen molar-refractivity contribution in [1.82, 2.24) is 4.98 Å². The van der Waals surface area contributed by atoms with E-state index in [1.165, 1.54) is 0 Å². The van der Waals surface area contributed by atoms with Crippen molar-refractivity contribution in [3.8, 4) is 6.07 Å². The molecule has 0 saturated heterocycles. The normalized spacial score (nSPS) is 11.9. The van der Waals surface area contributed by atoms with E-state index >= 15 is 0 Å². The fourth-order valence-corrected chi connectivity index (χ4v) is 2.41. The minimum absolute atomic E-state index is 0.153. The molecular formula is C10H11Br2N3. The van der Waals surface area contributed by atoms with Gasteiger partial charge in [0.25, 0.3) is 0 Å². The van der Waals surface area contributed by atoms with Crippen molar-refractivity contribution >= 4 is 37.7 Å². The molecule has 0 saturated carbocycles. The molecule has 0 aromatic carbocycles. The van der Waals surface area contributed by atoms with Gasteiger partial charge in [0.15, 0.2) is 0 Å². The molecule has 1 rings (SSSR count). The summed E-state index contributed by atoms with van der Waals surface area (Å²) in [6.45, 7) is 2.00. The number of nitrogens with zero attached hydrogens (tertiary/aromatic N) is 3. The Bertz CT molecular complexity index is 387. The number of halogens is 2. The van der Waals surface area contributed by atoms with Crippen LogP contribution in [0.3, 0.4) is 0 Å². The van der Waals surface area contributed by atoms with Crippen LogP contribution in [0, 0.1) is 11.3 Å².